The van der Waals surface area contributed by atoms with Crippen LogP contribution in [0.15, 0.2) is 18.2 Å². The molecule has 1 rings (SSSR count). The molecule has 1 aromatic rings. The van der Waals surface area contributed by atoms with E-state index in [0.29, 0.717) is 22.2 Å². The molecule has 4 heteroatoms. The van der Waals surface area contributed by atoms with Gasteiger partial charge in [-0.05, 0) is 23.6 Å². The summed E-state index contributed by atoms with van der Waals surface area (Å²) in [6, 6.07) is 5.73. The van der Waals surface area contributed by atoms with Crippen LogP contribution in [0.3, 0.4) is 0 Å². The zero-order valence-corrected chi connectivity index (χ0v) is 10.4. The number of hydrogen-bond acceptors (Lipinski definition) is 2. The smallest absolute Gasteiger partial charge is 0.137 e. The van der Waals surface area contributed by atoms with E-state index in [4.69, 9.17) is 34.3 Å². The predicted molar refractivity (Wildman–Crippen MR) is 67.8 cm³/mol. The molecule has 0 aromatic heterocycles. The van der Waals surface area contributed by atoms with Crippen molar-refractivity contribution < 1.29 is 4.74 Å². The average molecular weight is 244 g/mol. The van der Waals surface area contributed by atoms with Crippen LogP contribution in [-0.2, 0) is 0 Å². The Morgan fingerprint density at radius 2 is 2.27 bits per heavy atom. The molecule has 0 aliphatic carbocycles. The van der Waals surface area contributed by atoms with Crippen molar-refractivity contribution in [3.63, 3.8) is 0 Å². The fraction of sp³-hybridized carbons (Fsp3) is 0.364. The predicted octanol–water partition coefficient (Wildman–Crippen LogP) is 3.13. The summed E-state index contributed by atoms with van der Waals surface area (Å²) in [7, 11) is 1.60. The first kappa shape index (κ1) is 12.3. The van der Waals surface area contributed by atoms with Crippen LogP contribution in [0.4, 0.5) is 0 Å². The Bertz CT molecular complexity index is 368. The summed E-state index contributed by atoms with van der Waals surface area (Å²) in [5.74, 6) is 0.967. The third-order valence-corrected chi connectivity index (χ3v) is 2.71. The molecule has 0 saturated carbocycles. The molecule has 0 radical (unpaired) electrons. The monoisotopic (exact) mass is 243 g/mol. The Morgan fingerprint density at radius 3 is 2.73 bits per heavy atom. The number of halogens is 1. The zero-order valence-electron chi connectivity index (χ0n) is 8.79. The van der Waals surface area contributed by atoms with E-state index in [2.05, 4.69) is 6.92 Å². The Labute approximate surface area is 100 Å². The minimum atomic E-state index is 0.283. The van der Waals surface area contributed by atoms with Crippen LogP contribution in [0.1, 0.15) is 24.8 Å². The molecule has 0 aliphatic heterocycles. The second-order valence-electron chi connectivity index (χ2n) is 3.47. The van der Waals surface area contributed by atoms with Crippen molar-refractivity contribution >= 4 is 28.8 Å². The van der Waals surface area contributed by atoms with E-state index in [0.717, 1.165) is 5.56 Å². The van der Waals surface area contributed by atoms with Gasteiger partial charge >= 0.3 is 0 Å². The first-order chi connectivity index (χ1) is 7.04. The molecular formula is C11H14ClNOS. The van der Waals surface area contributed by atoms with Crippen molar-refractivity contribution in [3.8, 4) is 5.75 Å². The SMILES string of the molecule is COc1ccc(C(C)CC(N)=S)cc1Cl. The summed E-state index contributed by atoms with van der Waals surface area (Å²) in [6.07, 6.45) is 0.692. The molecule has 2 nitrogen and oxygen atoms in total. The molecule has 1 atom stereocenters. The van der Waals surface area contributed by atoms with Crippen molar-refractivity contribution in [1.82, 2.24) is 0 Å². The Kier molecular flexibility index (Phi) is 4.36. The Morgan fingerprint density at radius 1 is 1.60 bits per heavy atom. The fourth-order valence-corrected chi connectivity index (χ4v) is 1.92. The molecule has 0 fully saturated rings. The van der Waals surface area contributed by atoms with E-state index in [-0.39, 0.29) is 5.92 Å². The maximum atomic E-state index is 6.02. The number of benzene rings is 1. The van der Waals surface area contributed by atoms with Gasteiger partial charge in [0.25, 0.3) is 0 Å². The highest BCUT2D eigenvalue weighted by atomic mass is 35.5. The number of methoxy groups -OCH3 is 1. The molecule has 1 aromatic carbocycles. The highest BCUT2D eigenvalue weighted by Gasteiger charge is 2.09. The second kappa shape index (κ2) is 5.33. The molecule has 0 amide bonds. The third-order valence-electron chi connectivity index (χ3n) is 2.25. The molecular weight excluding hydrogens is 230 g/mol. The molecule has 0 heterocycles. The topological polar surface area (TPSA) is 35.2 Å². The van der Waals surface area contributed by atoms with Gasteiger partial charge in [-0.3, -0.25) is 0 Å². The summed E-state index contributed by atoms with van der Waals surface area (Å²) >= 11 is 10.9. The van der Waals surface area contributed by atoms with Crippen LogP contribution in [0, 0.1) is 0 Å². The molecule has 82 valence electrons. The normalized spacial score (nSPS) is 12.2. The quantitative estimate of drug-likeness (QED) is 0.826. The van der Waals surface area contributed by atoms with Crippen LogP contribution >= 0.6 is 23.8 Å². The van der Waals surface area contributed by atoms with Gasteiger partial charge in [-0.2, -0.15) is 0 Å². The second-order valence-corrected chi connectivity index (χ2v) is 4.40. The lowest BCUT2D eigenvalue weighted by Crippen LogP contribution is -2.11. The van der Waals surface area contributed by atoms with Gasteiger partial charge < -0.3 is 10.5 Å². The van der Waals surface area contributed by atoms with Crippen molar-refractivity contribution in [3.05, 3.63) is 28.8 Å². The minimum absolute atomic E-state index is 0.283. The van der Waals surface area contributed by atoms with Gasteiger partial charge in [0.05, 0.1) is 17.1 Å². The number of rotatable bonds is 4. The first-order valence-electron chi connectivity index (χ1n) is 4.66. The van der Waals surface area contributed by atoms with E-state index in [1.165, 1.54) is 0 Å². The summed E-state index contributed by atoms with van der Waals surface area (Å²) in [4.78, 5) is 0.523. The lowest BCUT2D eigenvalue weighted by atomic mass is 9.98. The molecule has 1 unspecified atom stereocenters. The van der Waals surface area contributed by atoms with Gasteiger partial charge in [0.15, 0.2) is 0 Å². The summed E-state index contributed by atoms with van der Waals surface area (Å²) in [6.45, 7) is 2.07. The largest absolute Gasteiger partial charge is 0.495 e. The van der Waals surface area contributed by atoms with E-state index in [1.54, 1.807) is 7.11 Å². The van der Waals surface area contributed by atoms with E-state index in [1.807, 2.05) is 18.2 Å². The highest BCUT2D eigenvalue weighted by molar-refractivity contribution is 7.80. The van der Waals surface area contributed by atoms with Crippen molar-refractivity contribution in [1.29, 1.82) is 0 Å². The fourth-order valence-electron chi connectivity index (χ4n) is 1.41. The van der Waals surface area contributed by atoms with E-state index >= 15 is 0 Å². The Balaban J connectivity index is 2.87. The summed E-state index contributed by atoms with van der Waals surface area (Å²) < 4.78 is 5.08. The van der Waals surface area contributed by atoms with Crippen LogP contribution < -0.4 is 10.5 Å². The van der Waals surface area contributed by atoms with Crippen LogP contribution in [-0.4, -0.2) is 12.1 Å². The summed E-state index contributed by atoms with van der Waals surface area (Å²) in [5, 5.41) is 0.616. The number of nitrogens with two attached hydrogens (primary N) is 1. The lowest BCUT2D eigenvalue weighted by Gasteiger charge is -2.12. The van der Waals surface area contributed by atoms with Gasteiger partial charge in [0, 0.05) is 6.42 Å². The molecule has 0 saturated heterocycles. The van der Waals surface area contributed by atoms with E-state index < -0.39 is 0 Å². The Hall–Kier alpha value is -0.800. The maximum absolute atomic E-state index is 6.02. The lowest BCUT2D eigenvalue weighted by molar-refractivity contribution is 0.415. The average Bonchev–Trinajstić information content (AvgIpc) is 2.16. The highest BCUT2D eigenvalue weighted by Crippen LogP contribution is 2.29. The number of thiocarbonyl (C=S) groups is 1. The number of hydrogen-bond donors (Lipinski definition) is 1. The maximum Gasteiger partial charge on any atom is 0.137 e. The standard InChI is InChI=1S/C11H14ClNOS/c1-7(5-11(13)15)8-3-4-10(14-2)9(12)6-8/h3-4,6-7H,5H2,1-2H3,(H2,13,15). The van der Waals surface area contributed by atoms with Crippen LogP contribution in [0.2, 0.25) is 5.02 Å². The van der Waals surface area contributed by atoms with Crippen molar-refractivity contribution in [2.24, 2.45) is 5.73 Å². The van der Waals surface area contributed by atoms with Gasteiger partial charge in [0.2, 0.25) is 0 Å². The van der Waals surface area contributed by atoms with Crippen molar-refractivity contribution in [2.45, 2.75) is 19.3 Å². The third kappa shape index (κ3) is 3.36. The van der Waals surface area contributed by atoms with Gasteiger partial charge in [0.1, 0.15) is 5.75 Å². The van der Waals surface area contributed by atoms with Crippen LogP contribution in [0.5, 0.6) is 5.75 Å². The number of ether oxygens (including phenoxy) is 1. The minimum Gasteiger partial charge on any atom is -0.495 e. The van der Waals surface area contributed by atoms with Crippen molar-refractivity contribution in [2.75, 3.05) is 7.11 Å². The molecule has 0 spiro atoms. The molecule has 2 N–H and O–H groups in total. The molecule has 15 heavy (non-hydrogen) atoms. The van der Waals surface area contributed by atoms with Gasteiger partial charge in [-0.25, -0.2) is 0 Å². The van der Waals surface area contributed by atoms with Crippen LogP contribution in [0.25, 0.3) is 0 Å². The van der Waals surface area contributed by atoms with E-state index in [9.17, 15) is 0 Å². The summed E-state index contributed by atoms with van der Waals surface area (Å²) in [5.41, 5.74) is 6.62. The first-order valence-corrected chi connectivity index (χ1v) is 5.45. The molecule has 0 aliphatic rings. The van der Waals surface area contributed by atoms with Gasteiger partial charge in [-0.15, -0.1) is 0 Å². The molecule has 0 bridgehead atoms. The van der Waals surface area contributed by atoms with Gasteiger partial charge in [-0.1, -0.05) is 36.8 Å². The zero-order chi connectivity index (χ0) is 11.4.